The van der Waals surface area contributed by atoms with Crippen molar-refractivity contribution in [3.05, 3.63) is 22.8 Å². The van der Waals surface area contributed by atoms with Crippen LogP contribution in [0.4, 0.5) is 19.0 Å². The predicted octanol–water partition coefficient (Wildman–Crippen LogP) is 3.03. The van der Waals surface area contributed by atoms with E-state index >= 15 is 0 Å². The molecule has 0 aromatic carbocycles. The van der Waals surface area contributed by atoms with Gasteiger partial charge in [0.2, 0.25) is 5.91 Å². The van der Waals surface area contributed by atoms with Gasteiger partial charge in [0.25, 0.3) is 0 Å². The first-order valence-corrected chi connectivity index (χ1v) is 7.42. The lowest BCUT2D eigenvalue weighted by molar-refractivity contribution is -0.137. The average molecular weight is 356 g/mol. The third-order valence-corrected chi connectivity index (χ3v) is 3.85. The first-order valence-electron chi connectivity index (χ1n) is 6.60. The fourth-order valence-electron chi connectivity index (χ4n) is 2.21. The van der Waals surface area contributed by atoms with Gasteiger partial charge < -0.3 is 9.80 Å². The predicted molar refractivity (Wildman–Crippen MR) is 78.4 cm³/mol. The molecule has 0 radical (unpaired) electrons. The standard InChI is InChI=1S/C13H14Cl2F3N3O/c1-8(14)12(22)21-4-2-20(3-5-21)11-10(15)6-9(7-19-11)13(16,17)18/h6-8H,2-5H2,1H3/t8-/m1/s1. The highest BCUT2D eigenvalue weighted by molar-refractivity contribution is 6.33. The summed E-state index contributed by atoms with van der Waals surface area (Å²) in [6.07, 6.45) is -3.71. The molecule has 1 aliphatic rings. The van der Waals surface area contributed by atoms with Crippen LogP contribution in [0.3, 0.4) is 0 Å². The zero-order valence-corrected chi connectivity index (χ0v) is 13.2. The molecule has 0 bridgehead atoms. The molecule has 2 heterocycles. The number of amides is 1. The van der Waals surface area contributed by atoms with Crippen molar-refractivity contribution in [2.24, 2.45) is 0 Å². The van der Waals surface area contributed by atoms with Gasteiger partial charge in [-0.15, -0.1) is 11.6 Å². The summed E-state index contributed by atoms with van der Waals surface area (Å²) in [5, 5.41) is -0.653. The van der Waals surface area contributed by atoms with E-state index in [9.17, 15) is 18.0 Å². The summed E-state index contributed by atoms with van der Waals surface area (Å²) in [5.74, 6) is 0.133. The van der Waals surface area contributed by atoms with Crippen molar-refractivity contribution in [1.29, 1.82) is 0 Å². The molecule has 22 heavy (non-hydrogen) atoms. The minimum atomic E-state index is -4.48. The Morgan fingerprint density at radius 2 is 1.91 bits per heavy atom. The molecule has 4 nitrogen and oxygen atoms in total. The van der Waals surface area contributed by atoms with Gasteiger partial charge in [-0.3, -0.25) is 4.79 Å². The molecule has 0 unspecified atom stereocenters. The second-order valence-electron chi connectivity index (χ2n) is 4.96. The smallest absolute Gasteiger partial charge is 0.352 e. The number of carbonyl (C=O) groups excluding carboxylic acids is 1. The second-order valence-corrected chi connectivity index (χ2v) is 6.02. The number of piperazine rings is 1. The zero-order valence-electron chi connectivity index (χ0n) is 11.7. The molecule has 1 aromatic heterocycles. The largest absolute Gasteiger partial charge is 0.417 e. The maximum Gasteiger partial charge on any atom is 0.417 e. The van der Waals surface area contributed by atoms with E-state index in [2.05, 4.69) is 4.98 Å². The number of carbonyl (C=O) groups is 1. The SMILES string of the molecule is C[C@@H](Cl)C(=O)N1CCN(c2ncc(C(F)(F)F)cc2Cl)CC1. The van der Waals surface area contributed by atoms with Gasteiger partial charge in [-0.05, 0) is 13.0 Å². The van der Waals surface area contributed by atoms with Crippen molar-refractivity contribution in [3.8, 4) is 0 Å². The van der Waals surface area contributed by atoms with Crippen LogP contribution < -0.4 is 4.90 Å². The topological polar surface area (TPSA) is 36.4 Å². The number of hydrogen-bond donors (Lipinski definition) is 0. The molecule has 1 aromatic rings. The van der Waals surface area contributed by atoms with Gasteiger partial charge in [0, 0.05) is 32.4 Å². The van der Waals surface area contributed by atoms with Gasteiger partial charge in [0.15, 0.2) is 0 Å². The first kappa shape index (κ1) is 17.1. The number of anilines is 1. The molecule has 0 N–H and O–H groups in total. The van der Waals surface area contributed by atoms with Crippen molar-refractivity contribution in [2.75, 3.05) is 31.1 Å². The van der Waals surface area contributed by atoms with E-state index in [0.717, 1.165) is 12.3 Å². The van der Waals surface area contributed by atoms with Crippen LogP contribution in [0.25, 0.3) is 0 Å². The average Bonchev–Trinajstić information content (AvgIpc) is 2.45. The maximum absolute atomic E-state index is 12.6. The van der Waals surface area contributed by atoms with E-state index in [1.807, 2.05) is 0 Å². The van der Waals surface area contributed by atoms with Crippen molar-refractivity contribution in [2.45, 2.75) is 18.5 Å². The number of alkyl halides is 4. The van der Waals surface area contributed by atoms with Crippen LogP contribution in [-0.4, -0.2) is 47.3 Å². The molecule has 1 fully saturated rings. The Labute approximate surface area is 135 Å². The van der Waals surface area contributed by atoms with Gasteiger partial charge >= 0.3 is 6.18 Å². The number of hydrogen-bond acceptors (Lipinski definition) is 3. The van der Waals surface area contributed by atoms with Crippen LogP contribution >= 0.6 is 23.2 Å². The molecule has 1 aliphatic heterocycles. The summed E-state index contributed by atoms with van der Waals surface area (Å²) in [5.41, 5.74) is -0.883. The zero-order chi connectivity index (χ0) is 16.5. The summed E-state index contributed by atoms with van der Waals surface area (Å²) in [4.78, 5) is 19.0. The fourth-order valence-corrected chi connectivity index (χ4v) is 2.63. The van der Waals surface area contributed by atoms with E-state index in [1.54, 1.807) is 16.7 Å². The molecule has 0 saturated carbocycles. The minimum Gasteiger partial charge on any atom is -0.352 e. The van der Waals surface area contributed by atoms with Crippen LogP contribution in [0.1, 0.15) is 12.5 Å². The molecule has 9 heteroatoms. The number of aromatic nitrogens is 1. The molecular formula is C13H14Cl2F3N3O. The molecule has 1 atom stereocenters. The van der Waals surface area contributed by atoms with Crippen molar-refractivity contribution in [1.82, 2.24) is 9.88 Å². The van der Waals surface area contributed by atoms with Crippen molar-refractivity contribution >= 4 is 34.9 Å². The highest BCUT2D eigenvalue weighted by Crippen LogP contribution is 2.33. The Morgan fingerprint density at radius 1 is 1.32 bits per heavy atom. The van der Waals surface area contributed by atoms with Gasteiger partial charge in [0.05, 0.1) is 10.6 Å². The molecule has 0 aliphatic carbocycles. The summed E-state index contributed by atoms with van der Waals surface area (Å²) >= 11 is 11.7. The Morgan fingerprint density at radius 3 is 2.36 bits per heavy atom. The highest BCUT2D eigenvalue weighted by Gasteiger charge is 2.32. The summed E-state index contributed by atoms with van der Waals surface area (Å²) < 4.78 is 37.8. The quantitative estimate of drug-likeness (QED) is 0.765. The van der Waals surface area contributed by atoms with Crippen LogP contribution in [0.2, 0.25) is 5.02 Å². The molecular weight excluding hydrogens is 342 g/mol. The van der Waals surface area contributed by atoms with Crippen molar-refractivity contribution in [3.63, 3.8) is 0 Å². The van der Waals surface area contributed by atoms with E-state index in [0.29, 0.717) is 32.0 Å². The Bertz CT molecular complexity index is 558. The lowest BCUT2D eigenvalue weighted by atomic mass is 10.2. The molecule has 0 spiro atoms. The summed E-state index contributed by atoms with van der Waals surface area (Å²) in [6.45, 7) is 3.33. The second kappa shape index (κ2) is 6.50. The van der Waals surface area contributed by atoms with Crippen LogP contribution in [0.15, 0.2) is 12.3 Å². The minimum absolute atomic E-state index is 0.0553. The van der Waals surface area contributed by atoms with Gasteiger partial charge in [-0.25, -0.2) is 4.98 Å². The highest BCUT2D eigenvalue weighted by atomic mass is 35.5. The summed E-state index contributed by atoms with van der Waals surface area (Å²) in [7, 11) is 0. The van der Waals surface area contributed by atoms with E-state index < -0.39 is 17.1 Å². The fraction of sp³-hybridized carbons (Fsp3) is 0.538. The van der Waals surface area contributed by atoms with Gasteiger partial charge in [0.1, 0.15) is 11.2 Å². The molecule has 1 saturated heterocycles. The lowest BCUT2D eigenvalue weighted by Crippen LogP contribution is -2.50. The maximum atomic E-state index is 12.6. The molecule has 1 amide bonds. The summed E-state index contributed by atoms with van der Waals surface area (Å²) in [6, 6.07) is 0.863. The Balaban J connectivity index is 2.07. The number of halogens is 5. The van der Waals surface area contributed by atoms with E-state index in [-0.39, 0.29) is 10.9 Å². The van der Waals surface area contributed by atoms with E-state index in [1.165, 1.54) is 0 Å². The monoisotopic (exact) mass is 355 g/mol. The third-order valence-electron chi connectivity index (χ3n) is 3.38. The van der Waals surface area contributed by atoms with Crippen LogP contribution in [0, 0.1) is 0 Å². The Hall–Kier alpha value is -1.21. The normalized spacial score (nSPS) is 17.5. The van der Waals surface area contributed by atoms with E-state index in [4.69, 9.17) is 23.2 Å². The lowest BCUT2D eigenvalue weighted by Gasteiger charge is -2.36. The number of pyridine rings is 1. The van der Waals surface area contributed by atoms with Crippen LogP contribution in [-0.2, 0) is 11.0 Å². The first-order chi connectivity index (χ1) is 10.2. The van der Waals surface area contributed by atoms with Crippen molar-refractivity contribution < 1.29 is 18.0 Å². The Kier molecular flexibility index (Phi) is 5.07. The van der Waals surface area contributed by atoms with Crippen LogP contribution in [0.5, 0.6) is 0 Å². The van der Waals surface area contributed by atoms with Gasteiger partial charge in [-0.1, -0.05) is 11.6 Å². The van der Waals surface area contributed by atoms with Gasteiger partial charge in [-0.2, -0.15) is 13.2 Å². The third kappa shape index (κ3) is 3.76. The number of nitrogens with zero attached hydrogens (tertiary/aromatic N) is 3. The molecule has 122 valence electrons. The molecule has 2 rings (SSSR count). The number of rotatable bonds is 2.